The third-order valence-corrected chi connectivity index (χ3v) is 5.02. The molecule has 2 N–H and O–H groups in total. The van der Waals surface area contributed by atoms with Gasteiger partial charge in [-0.15, -0.1) is 0 Å². The van der Waals surface area contributed by atoms with Crippen LogP contribution in [-0.4, -0.2) is 35.0 Å². The van der Waals surface area contributed by atoms with Crippen LogP contribution in [0.4, 0.5) is 0 Å². The van der Waals surface area contributed by atoms with Crippen molar-refractivity contribution in [3.63, 3.8) is 0 Å². The molecular formula is C19H21ClN2O4. The molecule has 1 aliphatic heterocycles. The minimum Gasteiger partial charge on any atom is -0.367 e. The second-order valence-electron chi connectivity index (χ2n) is 6.28. The van der Waals surface area contributed by atoms with Crippen LogP contribution in [0.1, 0.15) is 30.0 Å². The van der Waals surface area contributed by atoms with Gasteiger partial charge >= 0.3 is 0 Å². The van der Waals surface area contributed by atoms with Gasteiger partial charge in [-0.05, 0) is 30.2 Å². The number of hydrogen-bond donors (Lipinski definition) is 2. The Balaban J connectivity index is 2.04. The van der Waals surface area contributed by atoms with Crippen LogP contribution in [0.2, 0.25) is 5.02 Å². The fourth-order valence-corrected chi connectivity index (χ4v) is 3.79. The van der Waals surface area contributed by atoms with Gasteiger partial charge in [-0.25, -0.2) is 0 Å². The van der Waals surface area contributed by atoms with Crippen molar-refractivity contribution in [3.05, 3.63) is 80.9 Å². The molecule has 26 heavy (non-hydrogen) atoms. The minimum atomic E-state index is -1.15. The van der Waals surface area contributed by atoms with Crippen LogP contribution in [0.3, 0.4) is 0 Å². The van der Waals surface area contributed by atoms with Crippen LogP contribution in [-0.2, 0) is 4.74 Å². The molecule has 6 nitrogen and oxygen atoms in total. The Morgan fingerprint density at radius 1 is 1.19 bits per heavy atom. The van der Waals surface area contributed by atoms with E-state index < -0.39 is 30.3 Å². The summed E-state index contributed by atoms with van der Waals surface area (Å²) in [4.78, 5) is 11.7. The van der Waals surface area contributed by atoms with Gasteiger partial charge in [0, 0.05) is 16.6 Å². The van der Waals surface area contributed by atoms with Gasteiger partial charge < -0.3 is 9.84 Å². The lowest BCUT2D eigenvalue weighted by molar-refractivity contribution is -0.527. The maximum atomic E-state index is 12.0. The van der Waals surface area contributed by atoms with E-state index in [1.807, 2.05) is 30.3 Å². The van der Waals surface area contributed by atoms with Crippen molar-refractivity contribution < 1.29 is 14.8 Å². The third-order valence-electron chi connectivity index (χ3n) is 4.77. The number of aliphatic hydroxyl groups excluding tert-OH is 1. The number of benzene rings is 2. The number of nitro groups is 1. The summed E-state index contributed by atoms with van der Waals surface area (Å²) < 4.78 is 5.36. The van der Waals surface area contributed by atoms with E-state index in [9.17, 15) is 15.2 Å². The van der Waals surface area contributed by atoms with Crippen LogP contribution >= 0.6 is 11.6 Å². The van der Waals surface area contributed by atoms with Gasteiger partial charge in [0.25, 0.3) is 0 Å². The summed E-state index contributed by atoms with van der Waals surface area (Å²) in [5.74, 6) is -0.534. The van der Waals surface area contributed by atoms with Gasteiger partial charge in [0.05, 0.1) is 12.0 Å². The molecule has 0 amide bonds. The Hall–Kier alpha value is -1.99. The van der Waals surface area contributed by atoms with Crippen molar-refractivity contribution in [2.75, 3.05) is 6.61 Å². The van der Waals surface area contributed by atoms with Gasteiger partial charge in [-0.2, -0.15) is 0 Å². The molecule has 3 rings (SSSR count). The maximum Gasteiger partial charge on any atom is 0.240 e. The number of nitrogens with zero attached hydrogens (tertiary/aromatic N) is 1. The van der Waals surface area contributed by atoms with E-state index in [0.717, 1.165) is 11.1 Å². The number of aliphatic hydroxyl groups is 1. The number of rotatable bonds is 6. The first-order valence-corrected chi connectivity index (χ1v) is 8.90. The molecule has 0 bridgehead atoms. The molecule has 0 unspecified atom stereocenters. The first kappa shape index (κ1) is 18.8. The molecule has 0 radical (unpaired) electrons. The molecule has 0 aliphatic carbocycles. The zero-order valence-corrected chi connectivity index (χ0v) is 15.0. The van der Waals surface area contributed by atoms with E-state index in [2.05, 4.69) is 5.32 Å². The summed E-state index contributed by atoms with van der Waals surface area (Å²) in [5, 5.41) is 26.2. The van der Waals surface area contributed by atoms with E-state index in [-0.39, 0.29) is 4.92 Å². The quantitative estimate of drug-likeness (QED) is 0.459. The molecule has 2 aromatic rings. The zero-order valence-electron chi connectivity index (χ0n) is 14.3. The monoisotopic (exact) mass is 376 g/mol. The smallest absolute Gasteiger partial charge is 0.240 e. The molecular weight excluding hydrogens is 356 g/mol. The highest BCUT2D eigenvalue weighted by Gasteiger charge is 2.54. The summed E-state index contributed by atoms with van der Waals surface area (Å²) in [7, 11) is 0. The predicted octanol–water partition coefficient (Wildman–Crippen LogP) is 3.14. The van der Waals surface area contributed by atoms with Crippen molar-refractivity contribution in [1.29, 1.82) is 0 Å². The van der Waals surface area contributed by atoms with Gasteiger partial charge in [-0.3, -0.25) is 15.4 Å². The largest absolute Gasteiger partial charge is 0.367 e. The molecule has 1 saturated heterocycles. The number of ether oxygens (including phenoxy) is 1. The van der Waals surface area contributed by atoms with Crippen molar-refractivity contribution in [3.8, 4) is 0 Å². The highest BCUT2D eigenvalue weighted by molar-refractivity contribution is 6.30. The zero-order chi connectivity index (χ0) is 18.7. The Bertz CT molecular complexity index is 741. The van der Waals surface area contributed by atoms with E-state index >= 15 is 0 Å². The molecule has 1 aliphatic rings. The highest BCUT2D eigenvalue weighted by atomic mass is 35.5. The van der Waals surface area contributed by atoms with Crippen LogP contribution in [0.5, 0.6) is 0 Å². The first-order valence-electron chi connectivity index (χ1n) is 8.52. The summed E-state index contributed by atoms with van der Waals surface area (Å²) >= 11 is 5.95. The molecule has 1 heterocycles. The average molecular weight is 377 g/mol. The molecule has 5 atom stereocenters. The summed E-state index contributed by atoms with van der Waals surface area (Å²) in [6, 6.07) is 14.1. The van der Waals surface area contributed by atoms with Crippen LogP contribution in [0, 0.1) is 10.1 Å². The average Bonchev–Trinajstić information content (AvgIpc) is 3.04. The van der Waals surface area contributed by atoms with Gasteiger partial charge in [-0.1, -0.05) is 54.1 Å². The van der Waals surface area contributed by atoms with Crippen LogP contribution in [0.25, 0.3) is 0 Å². The minimum absolute atomic E-state index is 0.275. The molecule has 2 aromatic carbocycles. The second-order valence-corrected chi connectivity index (χ2v) is 6.72. The second kappa shape index (κ2) is 8.14. The topological polar surface area (TPSA) is 84.6 Å². The Labute approximate surface area is 156 Å². The van der Waals surface area contributed by atoms with Gasteiger partial charge in [0.1, 0.15) is 6.04 Å². The number of halogens is 1. The fourth-order valence-electron chi connectivity index (χ4n) is 3.66. The lowest BCUT2D eigenvalue weighted by Gasteiger charge is -2.24. The standard InChI is InChI=1S/C19H21ClN2O4/c1-2-26-19(23)17-15(12-6-4-3-5-7-12)18(22(24)25)16(21-17)13-8-10-14(20)11-9-13/h3-11,15-19,21,23H,2H2,1H3/t15-,16+,17+,18+,19-/m1/s1. The Morgan fingerprint density at radius 2 is 1.85 bits per heavy atom. The maximum absolute atomic E-state index is 12.0. The molecule has 7 heteroatoms. The van der Waals surface area contributed by atoms with Crippen molar-refractivity contribution >= 4 is 11.6 Å². The van der Waals surface area contributed by atoms with Gasteiger partial charge in [0.2, 0.25) is 6.04 Å². The molecule has 0 saturated carbocycles. The van der Waals surface area contributed by atoms with E-state index in [1.54, 1.807) is 31.2 Å². The summed E-state index contributed by atoms with van der Waals surface area (Å²) in [6.07, 6.45) is -1.15. The first-order chi connectivity index (χ1) is 12.5. The van der Waals surface area contributed by atoms with E-state index in [1.165, 1.54) is 0 Å². The fraction of sp³-hybridized carbons (Fsp3) is 0.368. The summed E-state index contributed by atoms with van der Waals surface area (Å²) in [5.41, 5.74) is 1.55. The third kappa shape index (κ3) is 3.73. The van der Waals surface area contributed by atoms with Crippen LogP contribution < -0.4 is 5.32 Å². The van der Waals surface area contributed by atoms with Gasteiger partial charge in [0.15, 0.2) is 6.29 Å². The Morgan fingerprint density at radius 3 is 2.42 bits per heavy atom. The number of nitrogens with one attached hydrogen (secondary N) is 1. The molecule has 138 valence electrons. The highest BCUT2D eigenvalue weighted by Crippen LogP contribution is 2.41. The van der Waals surface area contributed by atoms with Crippen molar-refractivity contribution in [1.82, 2.24) is 5.32 Å². The van der Waals surface area contributed by atoms with Crippen LogP contribution in [0.15, 0.2) is 54.6 Å². The molecule has 0 aromatic heterocycles. The lowest BCUT2D eigenvalue weighted by Crippen LogP contribution is -2.41. The summed E-state index contributed by atoms with van der Waals surface area (Å²) in [6.45, 7) is 2.09. The molecule has 1 fully saturated rings. The SMILES string of the molecule is CCO[C@@H](O)[C@H]1N[C@@H](c2ccc(Cl)cc2)[C@@H]([N+](=O)[O-])[C@@H]1c1ccccc1. The lowest BCUT2D eigenvalue weighted by atomic mass is 9.85. The van der Waals surface area contributed by atoms with E-state index in [0.29, 0.717) is 11.6 Å². The normalized spacial score (nSPS) is 26.6. The van der Waals surface area contributed by atoms with E-state index in [4.69, 9.17) is 16.3 Å². The molecule has 0 spiro atoms. The predicted molar refractivity (Wildman–Crippen MR) is 98.7 cm³/mol. The Kier molecular flexibility index (Phi) is 5.88. The van der Waals surface area contributed by atoms with Crippen molar-refractivity contribution in [2.24, 2.45) is 0 Å². The number of hydrogen-bond acceptors (Lipinski definition) is 5. The van der Waals surface area contributed by atoms with Crippen molar-refractivity contribution in [2.45, 2.75) is 37.3 Å².